The number of hydrogen-bond acceptors (Lipinski definition) is 5. The fourth-order valence-corrected chi connectivity index (χ4v) is 3.68. The van der Waals surface area contributed by atoms with Crippen LogP contribution in [0, 0.1) is 0 Å². The predicted octanol–water partition coefficient (Wildman–Crippen LogP) is 5.74. The van der Waals surface area contributed by atoms with Gasteiger partial charge >= 0.3 is 0 Å². The fraction of sp³-hybridized carbons (Fsp3) is 0.105. The molecule has 0 unspecified atom stereocenters. The van der Waals surface area contributed by atoms with E-state index in [1.54, 1.807) is 6.20 Å². The van der Waals surface area contributed by atoms with Crippen molar-refractivity contribution in [2.75, 3.05) is 0 Å². The fourth-order valence-electron chi connectivity index (χ4n) is 2.57. The summed E-state index contributed by atoms with van der Waals surface area (Å²) in [5, 5.41) is 10.6. The topological polar surface area (TPSA) is 56.7 Å². The zero-order valence-electron chi connectivity index (χ0n) is 14.3. The zero-order chi connectivity index (χ0) is 18.8. The summed E-state index contributed by atoms with van der Waals surface area (Å²) < 4.78 is 7.74. The standard InChI is InChI=1S/C19H14Cl2N4OS/c1-25-18(14-4-2-3-5-15(14)21)23-24-19(25)27-11-17-22-10-16(26-17)12-6-8-13(20)9-7-12/h2-10H,11H2,1H3. The van der Waals surface area contributed by atoms with E-state index in [1.807, 2.05) is 60.1 Å². The molecule has 0 spiro atoms. The molecule has 0 amide bonds. The summed E-state index contributed by atoms with van der Waals surface area (Å²) in [6, 6.07) is 15.0. The maximum atomic E-state index is 6.26. The molecular weight excluding hydrogens is 403 g/mol. The van der Waals surface area contributed by atoms with Crippen LogP contribution in [0.25, 0.3) is 22.7 Å². The first-order valence-corrected chi connectivity index (χ1v) is 9.83. The van der Waals surface area contributed by atoms with Gasteiger partial charge in [-0.1, -0.05) is 47.1 Å². The van der Waals surface area contributed by atoms with Gasteiger partial charge in [0, 0.05) is 23.2 Å². The Hall–Kier alpha value is -2.28. The summed E-state index contributed by atoms with van der Waals surface area (Å²) in [5.41, 5.74) is 1.78. The van der Waals surface area contributed by atoms with Crippen molar-refractivity contribution >= 4 is 35.0 Å². The Morgan fingerprint density at radius 3 is 2.59 bits per heavy atom. The van der Waals surface area contributed by atoms with Crippen LogP contribution in [0.3, 0.4) is 0 Å². The van der Waals surface area contributed by atoms with Gasteiger partial charge in [-0.2, -0.15) is 0 Å². The van der Waals surface area contributed by atoms with E-state index in [-0.39, 0.29) is 0 Å². The molecular formula is C19H14Cl2N4OS. The predicted molar refractivity (Wildman–Crippen MR) is 108 cm³/mol. The van der Waals surface area contributed by atoms with E-state index >= 15 is 0 Å². The molecule has 136 valence electrons. The van der Waals surface area contributed by atoms with Crippen molar-refractivity contribution in [3.63, 3.8) is 0 Å². The molecule has 0 saturated heterocycles. The lowest BCUT2D eigenvalue weighted by molar-refractivity contribution is 0.529. The Balaban J connectivity index is 1.49. The van der Waals surface area contributed by atoms with E-state index in [4.69, 9.17) is 27.6 Å². The van der Waals surface area contributed by atoms with E-state index in [0.29, 0.717) is 27.4 Å². The van der Waals surface area contributed by atoms with Gasteiger partial charge in [-0.05, 0) is 36.4 Å². The van der Waals surface area contributed by atoms with Gasteiger partial charge in [0.2, 0.25) is 5.89 Å². The van der Waals surface area contributed by atoms with Gasteiger partial charge in [-0.25, -0.2) is 4.98 Å². The van der Waals surface area contributed by atoms with E-state index in [1.165, 1.54) is 11.8 Å². The lowest BCUT2D eigenvalue weighted by Crippen LogP contribution is -1.95. The molecule has 27 heavy (non-hydrogen) atoms. The van der Waals surface area contributed by atoms with E-state index in [0.717, 1.165) is 22.1 Å². The molecule has 0 aliphatic carbocycles. The number of aromatic nitrogens is 4. The third kappa shape index (κ3) is 3.88. The van der Waals surface area contributed by atoms with Crippen LogP contribution in [0.2, 0.25) is 10.0 Å². The summed E-state index contributed by atoms with van der Waals surface area (Å²) in [6.07, 6.45) is 1.71. The minimum atomic E-state index is 0.544. The van der Waals surface area contributed by atoms with Crippen LogP contribution >= 0.6 is 35.0 Å². The van der Waals surface area contributed by atoms with Crippen molar-refractivity contribution in [1.82, 2.24) is 19.7 Å². The summed E-state index contributed by atoms with van der Waals surface area (Å²) >= 11 is 13.7. The van der Waals surface area contributed by atoms with Crippen LogP contribution in [-0.2, 0) is 12.8 Å². The Morgan fingerprint density at radius 1 is 1.04 bits per heavy atom. The van der Waals surface area contributed by atoms with Crippen molar-refractivity contribution in [3.05, 3.63) is 70.7 Å². The van der Waals surface area contributed by atoms with Gasteiger partial charge in [0.1, 0.15) is 0 Å². The van der Waals surface area contributed by atoms with Crippen LogP contribution in [-0.4, -0.2) is 19.7 Å². The molecule has 4 aromatic rings. The van der Waals surface area contributed by atoms with Crippen molar-refractivity contribution in [2.45, 2.75) is 10.9 Å². The minimum Gasteiger partial charge on any atom is -0.440 e. The van der Waals surface area contributed by atoms with Gasteiger partial charge in [-0.3, -0.25) is 0 Å². The van der Waals surface area contributed by atoms with Crippen molar-refractivity contribution in [1.29, 1.82) is 0 Å². The third-order valence-corrected chi connectivity index (χ3v) is 5.54. The molecule has 2 heterocycles. The average molecular weight is 417 g/mol. The molecule has 0 bridgehead atoms. The normalized spacial score (nSPS) is 11.1. The number of hydrogen-bond donors (Lipinski definition) is 0. The first kappa shape index (κ1) is 18.1. The molecule has 2 aromatic carbocycles. The van der Waals surface area contributed by atoms with Gasteiger partial charge in [0.15, 0.2) is 16.7 Å². The maximum absolute atomic E-state index is 6.26. The highest BCUT2D eigenvalue weighted by atomic mass is 35.5. The molecule has 5 nitrogen and oxygen atoms in total. The first-order chi connectivity index (χ1) is 13.1. The summed E-state index contributed by atoms with van der Waals surface area (Å²) in [7, 11) is 1.91. The zero-order valence-corrected chi connectivity index (χ0v) is 16.6. The molecule has 8 heteroatoms. The van der Waals surface area contributed by atoms with Gasteiger partial charge in [0.25, 0.3) is 0 Å². The molecule has 2 aromatic heterocycles. The highest BCUT2D eigenvalue weighted by molar-refractivity contribution is 7.98. The Morgan fingerprint density at radius 2 is 1.81 bits per heavy atom. The largest absolute Gasteiger partial charge is 0.440 e. The number of halogens is 2. The molecule has 0 N–H and O–H groups in total. The number of rotatable bonds is 5. The van der Waals surface area contributed by atoms with Gasteiger partial charge in [0.05, 0.1) is 17.0 Å². The number of benzene rings is 2. The second kappa shape index (κ2) is 7.76. The van der Waals surface area contributed by atoms with Crippen LogP contribution in [0.15, 0.2) is 64.3 Å². The second-order valence-corrected chi connectivity index (χ2v) is 7.54. The van der Waals surface area contributed by atoms with Crippen LogP contribution in [0.1, 0.15) is 5.89 Å². The maximum Gasteiger partial charge on any atom is 0.205 e. The van der Waals surface area contributed by atoms with Crippen molar-refractivity contribution in [2.24, 2.45) is 7.05 Å². The summed E-state index contributed by atoms with van der Waals surface area (Å²) in [4.78, 5) is 4.34. The minimum absolute atomic E-state index is 0.544. The molecule has 0 radical (unpaired) electrons. The quantitative estimate of drug-likeness (QED) is 0.388. The van der Waals surface area contributed by atoms with Gasteiger partial charge < -0.3 is 8.98 Å². The number of thioether (sulfide) groups is 1. The molecule has 0 aliphatic rings. The Bertz CT molecular complexity index is 1080. The lowest BCUT2D eigenvalue weighted by atomic mass is 10.2. The van der Waals surface area contributed by atoms with Crippen LogP contribution in [0.5, 0.6) is 0 Å². The molecule has 0 fully saturated rings. The smallest absolute Gasteiger partial charge is 0.205 e. The highest BCUT2D eigenvalue weighted by Gasteiger charge is 2.15. The van der Waals surface area contributed by atoms with E-state index < -0.39 is 0 Å². The van der Waals surface area contributed by atoms with Crippen molar-refractivity contribution < 1.29 is 4.42 Å². The molecule has 0 atom stereocenters. The van der Waals surface area contributed by atoms with E-state index in [2.05, 4.69) is 15.2 Å². The third-order valence-electron chi connectivity index (χ3n) is 3.96. The van der Waals surface area contributed by atoms with Gasteiger partial charge in [-0.15, -0.1) is 10.2 Å². The highest BCUT2D eigenvalue weighted by Crippen LogP contribution is 2.30. The molecule has 0 aliphatic heterocycles. The Labute approximate surface area is 170 Å². The molecule has 0 saturated carbocycles. The SMILES string of the molecule is Cn1c(SCc2ncc(-c3ccc(Cl)cc3)o2)nnc1-c1ccccc1Cl. The van der Waals surface area contributed by atoms with Crippen LogP contribution < -0.4 is 0 Å². The first-order valence-electron chi connectivity index (χ1n) is 8.09. The van der Waals surface area contributed by atoms with Crippen molar-refractivity contribution in [3.8, 4) is 22.7 Å². The number of oxazole rings is 1. The van der Waals surface area contributed by atoms with E-state index in [9.17, 15) is 0 Å². The molecule has 4 rings (SSSR count). The number of nitrogens with zero attached hydrogens (tertiary/aromatic N) is 4. The lowest BCUT2D eigenvalue weighted by Gasteiger charge is -2.04. The summed E-state index contributed by atoms with van der Waals surface area (Å²) in [5.74, 6) is 2.59. The Kier molecular flexibility index (Phi) is 5.20. The average Bonchev–Trinajstić information content (AvgIpc) is 3.28. The summed E-state index contributed by atoms with van der Waals surface area (Å²) in [6.45, 7) is 0. The van der Waals surface area contributed by atoms with Crippen LogP contribution in [0.4, 0.5) is 0 Å². The monoisotopic (exact) mass is 416 g/mol. The second-order valence-electron chi connectivity index (χ2n) is 5.76.